The fourth-order valence-corrected chi connectivity index (χ4v) is 1.76. The van der Waals surface area contributed by atoms with E-state index in [1.165, 1.54) is 0 Å². The van der Waals surface area contributed by atoms with Crippen LogP contribution in [0.4, 0.5) is 5.95 Å². The van der Waals surface area contributed by atoms with E-state index in [9.17, 15) is 0 Å². The van der Waals surface area contributed by atoms with Crippen molar-refractivity contribution in [2.24, 2.45) is 0 Å². The molecule has 1 heterocycles. The first kappa shape index (κ1) is 11.2. The van der Waals surface area contributed by atoms with Crippen LogP contribution in [0.2, 0.25) is 0 Å². The lowest BCUT2D eigenvalue weighted by Crippen LogP contribution is -2.05. The number of hydrogen-bond acceptors (Lipinski definition) is 5. The molecule has 1 aromatic heterocycles. The topological polar surface area (TPSA) is 64.7 Å². The molecule has 4 nitrogen and oxygen atoms in total. The van der Waals surface area contributed by atoms with Gasteiger partial charge in [-0.2, -0.15) is 21.7 Å². The molecule has 1 unspecified atom stereocenters. The van der Waals surface area contributed by atoms with Gasteiger partial charge in [-0.05, 0) is 13.3 Å². The Labute approximate surface area is 88.7 Å². The first-order valence-corrected chi connectivity index (χ1v) is 5.75. The second kappa shape index (κ2) is 5.14. The number of aromatic nitrogens is 3. The standard InChI is InChI=1S/C9H16N4S/c1-4-6(2)14-5-8-11-7(3)12-9(10)13-8/h6H,4-5H2,1-3H3,(H2,10,11,12,13). The summed E-state index contributed by atoms with van der Waals surface area (Å²) in [5.74, 6) is 2.59. The first-order chi connectivity index (χ1) is 6.61. The zero-order valence-corrected chi connectivity index (χ0v) is 9.64. The van der Waals surface area contributed by atoms with Gasteiger partial charge in [0.1, 0.15) is 11.6 Å². The molecule has 0 saturated heterocycles. The molecule has 2 N–H and O–H groups in total. The van der Waals surface area contributed by atoms with Crippen LogP contribution in [0, 0.1) is 6.92 Å². The van der Waals surface area contributed by atoms with Crippen LogP contribution in [0.25, 0.3) is 0 Å². The molecule has 0 radical (unpaired) electrons. The lowest BCUT2D eigenvalue weighted by molar-refractivity contribution is 0.891. The third kappa shape index (κ3) is 3.49. The van der Waals surface area contributed by atoms with E-state index in [1.54, 1.807) is 0 Å². The molecule has 0 spiro atoms. The Balaban J connectivity index is 2.58. The van der Waals surface area contributed by atoms with Crippen molar-refractivity contribution in [1.82, 2.24) is 15.0 Å². The molecule has 0 saturated carbocycles. The molecule has 0 aromatic carbocycles. The van der Waals surface area contributed by atoms with Crippen molar-refractivity contribution in [3.8, 4) is 0 Å². The molecule has 0 aliphatic carbocycles. The van der Waals surface area contributed by atoms with E-state index in [0.29, 0.717) is 17.0 Å². The van der Waals surface area contributed by atoms with Gasteiger partial charge in [0.2, 0.25) is 5.95 Å². The van der Waals surface area contributed by atoms with Crippen LogP contribution in [0.3, 0.4) is 0 Å². The van der Waals surface area contributed by atoms with Gasteiger partial charge in [0.15, 0.2) is 0 Å². The molecular weight excluding hydrogens is 196 g/mol. The quantitative estimate of drug-likeness (QED) is 0.824. The molecule has 1 rings (SSSR count). The molecule has 1 atom stereocenters. The van der Waals surface area contributed by atoms with Crippen LogP contribution in [-0.2, 0) is 5.75 Å². The average Bonchev–Trinajstić information content (AvgIpc) is 2.12. The van der Waals surface area contributed by atoms with Crippen molar-refractivity contribution in [2.75, 3.05) is 5.73 Å². The predicted octanol–water partition coefficient (Wildman–Crippen LogP) is 1.79. The normalized spacial score (nSPS) is 12.8. The van der Waals surface area contributed by atoms with Gasteiger partial charge in [-0.25, -0.2) is 4.98 Å². The fraction of sp³-hybridized carbons (Fsp3) is 0.667. The minimum Gasteiger partial charge on any atom is -0.368 e. The summed E-state index contributed by atoms with van der Waals surface area (Å²) in [6, 6.07) is 0. The third-order valence-electron chi connectivity index (χ3n) is 1.88. The molecule has 14 heavy (non-hydrogen) atoms. The highest BCUT2D eigenvalue weighted by Crippen LogP contribution is 2.17. The van der Waals surface area contributed by atoms with E-state index >= 15 is 0 Å². The van der Waals surface area contributed by atoms with Crippen LogP contribution >= 0.6 is 11.8 Å². The molecule has 78 valence electrons. The molecule has 5 heteroatoms. The zero-order valence-electron chi connectivity index (χ0n) is 8.82. The van der Waals surface area contributed by atoms with Gasteiger partial charge in [0.05, 0.1) is 5.75 Å². The first-order valence-electron chi connectivity index (χ1n) is 4.70. The van der Waals surface area contributed by atoms with Gasteiger partial charge >= 0.3 is 0 Å². The van der Waals surface area contributed by atoms with Gasteiger partial charge in [0.25, 0.3) is 0 Å². The Morgan fingerprint density at radius 2 is 2.07 bits per heavy atom. The van der Waals surface area contributed by atoms with Gasteiger partial charge in [-0.15, -0.1) is 0 Å². The average molecular weight is 212 g/mol. The number of nitrogens with zero attached hydrogens (tertiary/aromatic N) is 3. The SMILES string of the molecule is CCC(C)SCc1nc(C)nc(N)n1. The largest absolute Gasteiger partial charge is 0.368 e. The van der Waals surface area contributed by atoms with E-state index in [-0.39, 0.29) is 0 Å². The van der Waals surface area contributed by atoms with Gasteiger partial charge in [-0.3, -0.25) is 0 Å². The second-order valence-corrected chi connectivity index (χ2v) is 4.61. The minimum absolute atomic E-state index is 0.317. The Hall–Kier alpha value is -0.840. The highest BCUT2D eigenvalue weighted by atomic mass is 32.2. The van der Waals surface area contributed by atoms with Crippen LogP contribution in [0.15, 0.2) is 0 Å². The summed E-state index contributed by atoms with van der Waals surface area (Å²) in [7, 11) is 0. The van der Waals surface area contributed by atoms with Crippen molar-refractivity contribution in [3.05, 3.63) is 11.6 Å². The summed E-state index contributed by atoms with van der Waals surface area (Å²) in [5.41, 5.74) is 5.53. The van der Waals surface area contributed by atoms with E-state index in [2.05, 4.69) is 28.8 Å². The number of aryl methyl sites for hydroxylation is 1. The van der Waals surface area contributed by atoms with Crippen LogP contribution in [0.1, 0.15) is 31.9 Å². The third-order valence-corrected chi connectivity index (χ3v) is 3.21. The van der Waals surface area contributed by atoms with E-state index in [4.69, 9.17) is 5.73 Å². The Kier molecular flexibility index (Phi) is 4.13. The van der Waals surface area contributed by atoms with Crippen LogP contribution < -0.4 is 5.73 Å². The molecule has 0 bridgehead atoms. The maximum atomic E-state index is 5.53. The highest BCUT2D eigenvalue weighted by Gasteiger charge is 2.04. The van der Waals surface area contributed by atoms with E-state index in [0.717, 1.165) is 18.0 Å². The summed E-state index contributed by atoms with van der Waals surface area (Å²) in [6.45, 7) is 6.20. The Morgan fingerprint density at radius 1 is 1.36 bits per heavy atom. The summed E-state index contributed by atoms with van der Waals surface area (Å²) >= 11 is 1.84. The Bertz CT molecular complexity index is 283. The van der Waals surface area contributed by atoms with Gasteiger partial charge in [-0.1, -0.05) is 13.8 Å². The number of anilines is 1. The summed E-state index contributed by atoms with van der Waals surface area (Å²) in [5, 5.41) is 0.633. The van der Waals surface area contributed by atoms with Gasteiger partial charge < -0.3 is 5.73 Å². The molecule has 0 amide bonds. The van der Waals surface area contributed by atoms with Crippen molar-refractivity contribution in [3.63, 3.8) is 0 Å². The highest BCUT2D eigenvalue weighted by molar-refractivity contribution is 7.99. The summed E-state index contributed by atoms with van der Waals surface area (Å²) in [6.07, 6.45) is 1.16. The Morgan fingerprint density at radius 3 is 2.64 bits per heavy atom. The number of thioether (sulfide) groups is 1. The van der Waals surface area contributed by atoms with E-state index in [1.807, 2.05) is 18.7 Å². The summed E-state index contributed by atoms with van der Waals surface area (Å²) in [4.78, 5) is 12.2. The molecule has 0 aliphatic heterocycles. The molecule has 1 aromatic rings. The number of nitrogens with two attached hydrogens (primary N) is 1. The lowest BCUT2D eigenvalue weighted by Gasteiger charge is -2.07. The monoisotopic (exact) mass is 212 g/mol. The van der Waals surface area contributed by atoms with Crippen molar-refractivity contribution in [1.29, 1.82) is 0 Å². The smallest absolute Gasteiger partial charge is 0.223 e. The molecular formula is C9H16N4S. The zero-order chi connectivity index (χ0) is 10.6. The van der Waals surface area contributed by atoms with Crippen molar-refractivity contribution < 1.29 is 0 Å². The molecule has 0 aliphatic rings. The van der Waals surface area contributed by atoms with Crippen molar-refractivity contribution in [2.45, 2.75) is 38.2 Å². The lowest BCUT2D eigenvalue weighted by atomic mass is 10.4. The maximum Gasteiger partial charge on any atom is 0.223 e. The predicted molar refractivity (Wildman–Crippen MR) is 60.0 cm³/mol. The maximum absolute atomic E-state index is 5.53. The number of hydrogen-bond donors (Lipinski definition) is 1. The van der Waals surface area contributed by atoms with Crippen LogP contribution in [-0.4, -0.2) is 20.2 Å². The second-order valence-electron chi connectivity index (χ2n) is 3.19. The number of rotatable bonds is 4. The fourth-order valence-electron chi connectivity index (χ4n) is 0.959. The minimum atomic E-state index is 0.317. The van der Waals surface area contributed by atoms with Crippen LogP contribution in [0.5, 0.6) is 0 Å². The van der Waals surface area contributed by atoms with E-state index < -0.39 is 0 Å². The molecule has 0 fully saturated rings. The number of nitrogen functional groups attached to an aromatic ring is 1. The van der Waals surface area contributed by atoms with Gasteiger partial charge in [0, 0.05) is 5.25 Å². The van der Waals surface area contributed by atoms with Crippen molar-refractivity contribution >= 4 is 17.7 Å². The summed E-state index contributed by atoms with van der Waals surface area (Å²) < 4.78 is 0.